The average molecular weight is 398 g/mol. The first-order valence-corrected chi connectivity index (χ1v) is 11.9. The van der Waals surface area contributed by atoms with Crippen molar-refractivity contribution in [1.29, 1.82) is 0 Å². The van der Waals surface area contributed by atoms with Crippen molar-refractivity contribution in [2.75, 3.05) is 42.6 Å². The molecular formula is C17H27N5O2S2. The van der Waals surface area contributed by atoms with Gasteiger partial charge < -0.3 is 4.90 Å². The van der Waals surface area contributed by atoms with Gasteiger partial charge in [-0.15, -0.1) is 5.10 Å². The highest BCUT2D eigenvalue weighted by atomic mass is 32.2. The zero-order chi connectivity index (χ0) is 18.5. The number of nitrogens with zero attached hydrogens (tertiary/aromatic N) is 5. The highest BCUT2D eigenvalue weighted by Crippen LogP contribution is 2.30. The maximum atomic E-state index is 11.6. The molecule has 0 aromatic carbocycles. The van der Waals surface area contributed by atoms with E-state index in [-0.39, 0.29) is 5.41 Å². The average Bonchev–Trinajstić information content (AvgIpc) is 3.14. The predicted molar refractivity (Wildman–Crippen MR) is 105 cm³/mol. The lowest BCUT2D eigenvalue weighted by atomic mass is 9.93. The van der Waals surface area contributed by atoms with Crippen molar-refractivity contribution in [3.8, 4) is 0 Å². The maximum Gasteiger partial charge on any atom is 0.214 e. The third-order valence-electron chi connectivity index (χ3n) is 5.43. The topological polar surface area (TPSA) is 70.8 Å². The second-order valence-electron chi connectivity index (χ2n) is 8.39. The van der Waals surface area contributed by atoms with Gasteiger partial charge in [0.15, 0.2) is 9.84 Å². The molecule has 0 saturated carbocycles. The van der Waals surface area contributed by atoms with Crippen molar-refractivity contribution in [1.82, 2.24) is 19.5 Å². The highest BCUT2D eigenvalue weighted by molar-refractivity contribution is 7.91. The summed E-state index contributed by atoms with van der Waals surface area (Å²) in [5.74, 6) is 0.625. The maximum absolute atomic E-state index is 11.6. The Balaban J connectivity index is 1.39. The number of fused-ring (bicyclic) bond motifs is 1. The molecule has 2 fully saturated rings. The minimum atomic E-state index is -2.80. The highest BCUT2D eigenvalue weighted by Gasteiger charge is 2.30. The monoisotopic (exact) mass is 397 g/mol. The van der Waals surface area contributed by atoms with Crippen LogP contribution in [0.4, 0.5) is 5.13 Å². The van der Waals surface area contributed by atoms with Crippen molar-refractivity contribution in [2.24, 2.45) is 0 Å². The molecule has 2 aromatic heterocycles. The van der Waals surface area contributed by atoms with Crippen molar-refractivity contribution in [3.63, 3.8) is 0 Å². The Labute approximate surface area is 158 Å². The molecule has 2 aliphatic heterocycles. The number of piperidine rings is 1. The third-order valence-corrected chi connectivity index (χ3v) is 8.02. The lowest BCUT2D eigenvalue weighted by Crippen LogP contribution is -2.50. The molecule has 4 rings (SSSR count). The van der Waals surface area contributed by atoms with Crippen LogP contribution in [0.5, 0.6) is 0 Å². The Bertz CT molecular complexity index is 843. The predicted octanol–water partition coefficient (Wildman–Crippen LogP) is 1.79. The minimum Gasteiger partial charge on any atom is -0.347 e. The van der Waals surface area contributed by atoms with Gasteiger partial charge in [-0.25, -0.2) is 17.9 Å². The molecule has 0 spiro atoms. The van der Waals surface area contributed by atoms with Crippen molar-refractivity contribution in [3.05, 3.63) is 11.9 Å². The fourth-order valence-corrected chi connectivity index (χ4v) is 5.86. The van der Waals surface area contributed by atoms with E-state index in [1.165, 1.54) is 0 Å². The second kappa shape index (κ2) is 6.45. The molecule has 0 atom stereocenters. The van der Waals surface area contributed by atoms with Crippen molar-refractivity contribution in [2.45, 2.75) is 45.1 Å². The Morgan fingerprint density at radius 2 is 1.77 bits per heavy atom. The lowest BCUT2D eigenvalue weighted by Gasteiger charge is -2.39. The Morgan fingerprint density at radius 3 is 2.35 bits per heavy atom. The standard InChI is InChI=1S/C17H27N5O2S2/c1-17(2,3)14-12-22-15(18-14)25-16(19-22)21-6-4-13(5-7-21)20-8-10-26(23,24)11-9-20/h12-13H,4-11H2,1-3H3. The van der Waals surface area contributed by atoms with Crippen molar-refractivity contribution < 1.29 is 8.42 Å². The minimum absolute atomic E-state index is 0.0356. The van der Waals surface area contributed by atoms with Crippen LogP contribution < -0.4 is 4.90 Å². The van der Waals surface area contributed by atoms with Gasteiger partial charge in [0, 0.05) is 37.6 Å². The smallest absolute Gasteiger partial charge is 0.214 e. The van der Waals surface area contributed by atoms with Gasteiger partial charge in [0.25, 0.3) is 0 Å². The summed E-state index contributed by atoms with van der Waals surface area (Å²) >= 11 is 1.65. The molecule has 2 aromatic rings. The molecule has 144 valence electrons. The fraction of sp³-hybridized carbons (Fsp3) is 0.765. The fourth-order valence-electron chi connectivity index (χ4n) is 3.69. The molecule has 0 N–H and O–H groups in total. The molecule has 0 amide bonds. The summed E-state index contributed by atoms with van der Waals surface area (Å²) in [6.07, 6.45) is 4.17. The summed E-state index contributed by atoms with van der Waals surface area (Å²) in [6.45, 7) is 9.81. The van der Waals surface area contributed by atoms with E-state index in [9.17, 15) is 8.42 Å². The van der Waals surface area contributed by atoms with E-state index >= 15 is 0 Å². The molecule has 0 aliphatic carbocycles. The molecular weight excluding hydrogens is 370 g/mol. The van der Waals surface area contributed by atoms with Crippen LogP contribution in [0.15, 0.2) is 6.20 Å². The van der Waals surface area contributed by atoms with Crippen molar-refractivity contribution >= 4 is 31.3 Å². The van der Waals surface area contributed by atoms with Crippen LogP contribution in [0, 0.1) is 0 Å². The number of aromatic nitrogens is 3. The summed E-state index contributed by atoms with van der Waals surface area (Å²) in [5, 5.41) is 5.77. The summed E-state index contributed by atoms with van der Waals surface area (Å²) in [7, 11) is -2.80. The summed E-state index contributed by atoms with van der Waals surface area (Å²) < 4.78 is 25.1. The number of sulfone groups is 1. The molecule has 9 heteroatoms. The number of anilines is 1. The summed E-state index contributed by atoms with van der Waals surface area (Å²) in [4.78, 5) is 10.4. The number of rotatable bonds is 2. The Kier molecular flexibility index (Phi) is 4.51. The largest absolute Gasteiger partial charge is 0.347 e. The van der Waals surface area contributed by atoms with Gasteiger partial charge >= 0.3 is 0 Å². The molecule has 0 bridgehead atoms. The molecule has 26 heavy (non-hydrogen) atoms. The first kappa shape index (κ1) is 18.2. The Morgan fingerprint density at radius 1 is 1.12 bits per heavy atom. The normalized spacial score (nSPS) is 23.0. The zero-order valence-electron chi connectivity index (χ0n) is 15.7. The molecule has 0 unspecified atom stereocenters. The van der Waals surface area contributed by atoms with E-state index in [0.29, 0.717) is 30.6 Å². The van der Waals surface area contributed by atoms with E-state index in [1.54, 1.807) is 11.3 Å². The van der Waals surface area contributed by atoms with Gasteiger partial charge in [-0.1, -0.05) is 32.1 Å². The van der Waals surface area contributed by atoms with Crippen LogP contribution in [0.1, 0.15) is 39.3 Å². The quantitative estimate of drug-likeness (QED) is 0.769. The lowest BCUT2D eigenvalue weighted by molar-refractivity contribution is 0.182. The van der Waals surface area contributed by atoms with E-state index < -0.39 is 9.84 Å². The first-order valence-electron chi connectivity index (χ1n) is 9.27. The first-order chi connectivity index (χ1) is 12.2. The SMILES string of the molecule is CC(C)(C)c1cn2nc(N3CCC(N4CCS(=O)(=O)CC4)CC3)sc2n1. The summed E-state index contributed by atoms with van der Waals surface area (Å²) in [5.41, 5.74) is 1.11. The van der Waals surface area contributed by atoms with Crippen LogP contribution in [0.25, 0.3) is 4.96 Å². The number of hydrogen-bond acceptors (Lipinski definition) is 7. The van der Waals surface area contributed by atoms with Crippen LogP contribution in [-0.2, 0) is 15.3 Å². The van der Waals surface area contributed by atoms with E-state index in [0.717, 1.165) is 41.7 Å². The molecule has 0 radical (unpaired) electrons. The molecule has 2 aliphatic rings. The van der Waals surface area contributed by atoms with Gasteiger partial charge in [0.1, 0.15) is 0 Å². The molecule has 2 saturated heterocycles. The van der Waals surface area contributed by atoms with Gasteiger partial charge in [-0.05, 0) is 12.8 Å². The molecule has 7 nitrogen and oxygen atoms in total. The van der Waals surface area contributed by atoms with Gasteiger partial charge in [0.2, 0.25) is 10.1 Å². The van der Waals surface area contributed by atoms with Crippen LogP contribution in [-0.4, -0.2) is 71.6 Å². The van der Waals surface area contributed by atoms with Gasteiger partial charge in [-0.3, -0.25) is 4.90 Å². The third kappa shape index (κ3) is 3.61. The number of hydrogen-bond donors (Lipinski definition) is 0. The van der Waals surface area contributed by atoms with Crippen LogP contribution in [0.2, 0.25) is 0 Å². The number of imidazole rings is 1. The van der Waals surface area contributed by atoms with E-state index in [1.807, 2.05) is 10.7 Å². The van der Waals surface area contributed by atoms with Gasteiger partial charge in [0.05, 0.1) is 23.4 Å². The zero-order valence-corrected chi connectivity index (χ0v) is 17.3. The van der Waals surface area contributed by atoms with Crippen LogP contribution in [0.3, 0.4) is 0 Å². The van der Waals surface area contributed by atoms with Crippen LogP contribution >= 0.6 is 11.3 Å². The summed E-state index contributed by atoms with van der Waals surface area (Å²) in [6, 6.07) is 0.498. The van der Waals surface area contributed by atoms with E-state index in [2.05, 4.69) is 30.6 Å². The van der Waals surface area contributed by atoms with Gasteiger partial charge in [-0.2, -0.15) is 0 Å². The Hall–Kier alpha value is -1.19. The molecule has 4 heterocycles. The van der Waals surface area contributed by atoms with E-state index in [4.69, 9.17) is 10.1 Å². The second-order valence-corrected chi connectivity index (χ2v) is 11.6.